The average molecular weight is 1020 g/mol. The van der Waals surface area contributed by atoms with Crippen molar-refractivity contribution in [2.24, 2.45) is 17.6 Å². The molecule has 384 valence electrons. The molecular weight excluding hydrogens is 963 g/mol. The Morgan fingerprint density at radius 1 is 0.887 bits per heavy atom. The molecule has 0 spiro atoms. The van der Waals surface area contributed by atoms with E-state index in [0.717, 1.165) is 0 Å². The first kappa shape index (κ1) is 54.7. The maximum atomic E-state index is 13.3. The molecule has 3 heterocycles. The van der Waals surface area contributed by atoms with Crippen LogP contribution in [-0.4, -0.2) is 134 Å². The fourth-order valence-electron chi connectivity index (χ4n) is 8.63. The fraction of sp³-hybridized carbons (Fsp3) is 0.510. The van der Waals surface area contributed by atoms with Crippen molar-refractivity contribution in [1.29, 1.82) is 0 Å². The number of aliphatic hydroxyl groups excluding tert-OH is 2. The number of ketones is 3. The second-order valence-corrected chi connectivity index (χ2v) is 21.3. The van der Waals surface area contributed by atoms with E-state index in [9.17, 15) is 58.8 Å². The SMILES string of the molecule is C/C=C1\NC(=O)[C@H]2CSSCC/C=C/[C@@H](CC(=O)N[C@H](C(C)C)C(=O)N2)OC(=O)[C@H](C(C)C)NC1=O.CC(=O)[C@]1(N)Cc2c(O)c3c(c(O)c2[C@@H](O[C@H]2C[C@H](O)[C@H](O)CO2)C1)C(=O)c1ccccc1C3=O. The lowest BCUT2D eigenvalue weighted by Crippen LogP contribution is -2.57. The Kier molecular flexibility index (Phi) is 17.9. The van der Waals surface area contributed by atoms with Crippen LogP contribution in [0.3, 0.4) is 0 Å². The molecule has 71 heavy (non-hydrogen) atoms. The van der Waals surface area contributed by atoms with Crippen molar-refractivity contribution in [3.8, 4) is 11.5 Å². The number of hydrogen-bond donors (Lipinski definition) is 9. The maximum Gasteiger partial charge on any atom is 0.329 e. The molecule has 3 aliphatic heterocycles. The zero-order chi connectivity index (χ0) is 52.1. The van der Waals surface area contributed by atoms with Gasteiger partial charge in [-0.05, 0) is 38.2 Å². The van der Waals surface area contributed by atoms with Gasteiger partial charge in [0, 0.05) is 53.0 Å². The summed E-state index contributed by atoms with van der Waals surface area (Å²) in [6.45, 7) is 9.75. The number of rotatable bonds is 5. The van der Waals surface area contributed by atoms with E-state index in [-0.39, 0.29) is 89.0 Å². The van der Waals surface area contributed by atoms with Crippen LogP contribution in [0.25, 0.3) is 0 Å². The number of nitrogens with one attached hydrogen (secondary N) is 4. The number of allylic oxidation sites excluding steroid dienone is 2. The number of aromatic hydroxyl groups is 2. The number of carbonyl (C=O) groups is 8. The highest BCUT2D eigenvalue weighted by molar-refractivity contribution is 8.76. The van der Waals surface area contributed by atoms with E-state index >= 15 is 0 Å². The highest BCUT2D eigenvalue weighted by atomic mass is 33.1. The zero-order valence-corrected chi connectivity index (χ0v) is 41.8. The molecular formula is C49H61N5O15S2. The van der Waals surface area contributed by atoms with Crippen molar-refractivity contribution in [3.05, 3.63) is 81.6 Å². The van der Waals surface area contributed by atoms with Gasteiger partial charge in [0.2, 0.25) is 17.7 Å². The van der Waals surface area contributed by atoms with Gasteiger partial charge in [-0.1, -0.05) is 85.7 Å². The number of Topliss-reactive ketones (excluding diaryl/α,β-unsaturated/α-hetero) is 1. The zero-order valence-electron chi connectivity index (χ0n) is 40.1. The molecule has 2 bridgehead atoms. The van der Waals surface area contributed by atoms with Gasteiger partial charge in [-0.25, -0.2) is 4.79 Å². The monoisotopic (exact) mass is 1020 g/mol. The number of phenolic OH excluding ortho intramolecular Hbond substituents is 2. The molecule has 0 unspecified atom stereocenters. The second kappa shape index (κ2) is 23.3. The number of fused-ring (bicyclic) bond motifs is 10. The van der Waals surface area contributed by atoms with Gasteiger partial charge in [-0.15, -0.1) is 0 Å². The van der Waals surface area contributed by atoms with Crippen LogP contribution in [-0.2, 0) is 49.4 Å². The molecule has 2 fully saturated rings. The molecule has 9 atom stereocenters. The summed E-state index contributed by atoms with van der Waals surface area (Å²) in [6, 6.07) is 3.24. The maximum absolute atomic E-state index is 13.3. The summed E-state index contributed by atoms with van der Waals surface area (Å²) in [7, 11) is 2.95. The summed E-state index contributed by atoms with van der Waals surface area (Å²) in [5.74, 6) is -5.28. The highest BCUT2D eigenvalue weighted by Crippen LogP contribution is 2.51. The molecule has 2 saturated heterocycles. The molecule has 0 radical (unpaired) electrons. The lowest BCUT2D eigenvalue weighted by atomic mass is 9.71. The molecule has 2 aromatic carbocycles. The number of carbonyl (C=O) groups excluding carboxylic acids is 8. The largest absolute Gasteiger partial charge is 0.507 e. The number of amides is 4. The summed E-state index contributed by atoms with van der Waals surface area (Å²) < 4.78 is 17.1. The summed E-state index contributed by atoms with van der Waals surface area (Å²) in [5.41, 5.74) is 4.42. The van der Waals surface area contributed by atoms with E-state index < -0.39 is 113 Å². The molecule has 10 N–H and O–H groups in total. The number of hydrogen-bond acceptors (Lipinski definition) is 18. The Labute approximate surface area is 418 Å². The van der Waals surface area contributed by atoms with E-state index in [4.69, 9.17) is 19.9 Å². The molecule has 0 saturated carbocycles. The molecule has 22 heteroatoms. The molecule has 4 amide bonds. The third-order valence-corrected chi connectivity index (χ3v) is 15.2. The average Bonchev–Trinajstić information content (AvgIpc) is 3.31. The van der Waals surface area contributed by atoms with Crippen molar-refractivity contribution in [3.63, 3.8) is 0 Å². The normalized spacial score (nSPS) is 29.7. The summed E-state index contributed by atoms with van der Waals surface area (Å²) in [4.78, 5) is 104. The number of phenols is 2. The van der Waals surface area contributed by atoms with Crippen LogP contribution in [0.4, 0.5) is 0 Å². The Hall–Kier alpha value is -5.62. The van der Waals surface area contributed by atoms with Gasteiger partial charge in [0.15, 0.2) is 17.9 Å². The minimum atomic E-state index is -1.50. The van der Waals surface area contributed by atoms with E-state index in [0.29, 0.717) is 12.2 Å². The Bertz CT molecular complexity index is 2510. The van der Waals surface area contributed by atoms with E-state index in [1.54, 1.807) is 52.8 Å². The smallest absolute Gasteiger partial charge is 0.329 e. The highest BCUT2D eigenvalue weighted by Gasteiger charge is 2.48. The van der Waals surface area contributed by atoms with E-state index in [2.05, 4.69) is 21.3 Å². The fourth-order valence-corrected chi connectivity index (χ4v) is 10.8. The van der Waals surface area contributed by atoms with Gasteiger partial charge in [-0.2, -0.15) is 0 Å². The predicted molar refractivity (Wildman–Crippen MR) is 260 cm³/mol. The Morgan fingerprint density at radius 3 is 2.14 bits per heavy atom. The van der Waals surface area contributed by atoms with Crippen LogP contribution in [0.1, 0.15) is 116 Å². The van der Waals surface area contributed by atoms with Crippen molar-refractivity contribution < 1.29 is 73.0 Å². The summed E-state index contributed by atoms with van der Waals surface area (Å²) in [5, 5.41) is 52.9. The predicted octanol–water partition coefficient (Wildman–Crippen LogP) is 2.06. The third kappa shape index (κ3) is 12.4. The van der Waals surface area contributed by atoms with Crippen LogP contribution in [0.2, 0.25) is 0 Å². The van der Waals surface area contributed by atoms with Crippen LogP contribution < -0.4 is 27.0 Å². The van der Waals surface area contributed by atoms with Crippen molar-refractivity contribution in [2.45, 2.75) is 128 Å². The molecule has 2 aliphatic carbocycles. The minimum Gasteiger partial charge on any atom is -0.507 e. The van der Waals surface area contributed by atoms with Gasteiger partial charge >= 0.3 is 5.97 Å². The molecule has 0 aromatic heterocycles. The quantitative estimate of drug-likeness (QED) is 0.0581. The second-order valence-electron chi connectivity index (χ2n) is 18.6. The number of aliphatic hydroxyl groups is 2. The van der Waals surface area contributed by atoms with Crippen LogP contribution in [0, 0.1) is 11.8 Å². The number of esters is 1. The minimum absolute atomic E-state index is 0.0344. The Balaban J connectivity index is 0.000000232. The third-order valence-electron chi connectivity index (χ3n) is 12.8. The number of ether oxygens (including phenoxy) is 3. The van der Waals surface area contributed by atoms with E-state index in [1.165, 1.54) is 46.7 Å². The summed E-state index contributed by atoms with van der Waals surface area (Å²) >= 11 is 0. The van der Waals surface area contributed by atoms with E-state index in [1.807, 2.05) is 6.08 Å². The van der Waals surface area contributed by atoms with Crippen molar-refractivity contribution in [2.75, 3.05) is 18.1 Å². The van der Waals surface area contributed by atoms with Crippen molar-refractivity contribution >= 4 is 68.5 Å². The Morgan fingerprint density at radius 2 is 1.54 bits per heavy atom. The first-order valence-electron chi connectivity index (χ1n) is 23.3. The van der Waals surface area contributed by atoms with Gasteiger partial charge in [0.05, 0.1) is 41.9 Å². The van der Waals surface area contributed by atoms with Crippen LogP contribution in [0.5, 0.6) is 11.5 Å². The van der Waals surface area contributed by atoms with Gasteiger partial charge in [0.25, 0.3) is 5.91 Å². The lowest BCUT2D eigenvalue weighted by Gasteiger charge is -2.41. The van der Waals surface area contributed by atoms with Gasteiger partial charge in [0.1, 0.15) is 53.3 Å². The van der Waals surface area contributed by atoms with Gasteiger partial charge in [-0.3, -0.25) is 33.6 Å². The van der Waals surface area contributed by atoms with Crippen molar-refractivity contribution in [1.82, 2.24) is 21.3 Å². The van der Waals surface area contributed by atoms with Crippen LogP contribution >= 0.6 is 21.6 Å². The number of nitrogens with two attached hydrogens (primary N) is 1. The first-order valence-corrected chi connectivity index (χ1v) is 25.8. The molecule has 7 rings (SSSR count). The molecule has 5 aliphatic rings. The lowest BCUT2D eigenvalue weighted by molar-refractivity contribution is -0.238. The molecule has 20 nitrogen and oxygen atoms in total. The summed E-state index contributed by atoms with van der Waals surface area (Å²) in [6.07, 6.45) is -0.228. The van der Waals surface area contributed by atoms with Crippen LogP contribution in [0.15, 0.2) is 48.2 Å². The standard InChI is InChI=1S/C25H25NO9.C24H36N4O6S2/c1-10(27)25(26)7-13-18(16(8-25)35-17-6-14(28)15(29)9-34-17)24(33)20-19(23(13)32)21(30)11-4-2-3-5-12(11)22(20)31;1-6-16-21(30)28-20(14(4)5)24(33)34-15-9-7-8-10-35-36-12-17(22(31)25-16)26-23(32)19(13(2)3)27-18(29)11-15/h2-5,14-17,28-29,32-33H,6-9,26H2,1H3;6-7,9,13-15,17,19-20H,8,10-12H2,1-5H3,(H,25,31)(H,26,32)(H,27,29)(H,28,30)/b;9-7+,16-6-/t14-,15+,16-,17-,25-;15-,17+,19+,20-/m00/s1. The molecule has 2 aromatic rings. The topological polar surface area (TPSA) is 319 Å². The number of benzene rings is 2. The van der Waals surface area contributed by atoms with Gasteiger partial charge < -0.3 is 61.6 Å². The first-order chi connectivity index (χ1) is 33.6.